The number of aromatic nitrogens is 2. The van der Waals surface area contributed by atoms with Crippen LogP contribution in [0.3, 0.4) is 0 Å². The average molecular weight is 400 g/mol. The molecule has 0 aliphatic heterocycles. The second-order valence-corrected chi connectivity index (χ2v) is 9.82. The van der Waals surface area contributed by atoms with Gasteiger partial charge >= 0.3 is 5.97 Å². The molecule has 0 bridgehead atoms. The summed E-state index contributed by atoms with van der Waals surface area (Å²) in [5, 5.41) is 0.290. The average Bonchev–Trinajstić information content (AvgIpc) is 3.05. The van der Waals surface area contributed by atoms with E-state index in [0.29, 0.717) is 12.5 Å². The molecule has 1 saturated carbocycles. The summed E-state index contributed by atoms with van der Waals surface area (Å²) in [4.78, 5) is 20.8. The van der Waals surface area contributed by atoms with Gasteiger partial charge in [0.25, 0.3) is 0 Å². The predicted octanol–water partition coefficient (Wildman–Crippen LogP) is 4.11. The minimum atomic E-state index is -0.840. The van der Waals surface area contributed by atoms with E-state index >= 15 is 0 Å². The number of aromatic amines is 1. The van der Waals surface area contributed by atoms with Crippen molar-refractivity contribution in [1.82, 2.24) is 9.97 Å². The molecule has 1 atom stereocenters. The highest BCUT2D eigenvalue weighted by molar-refractivity contribution is 6.14. The van der Waals surface area contributed by atoms with Crippen LogP contribution in [-0.4, -0.2) is 46.5 Å². The van der Waals surface area contributed by atoms with Gasteiger partial charge in [-0.3, -0.25) is 4.79 Å². The van der Waals surface area contributed by atoms with Crippen molar-refractivity contribution in [3.63, 3.8) is 0 Å². The second-order valence-electron chi connectivity index (χ2n) is 8.61. The highest BCUT2D eigenvalue weighted by Gasteiger charge is 2.37. The number of hydrogen-bond donors (Lipinski definition) is 1. The van der Waals surface area contributed by atoms with Gasteiger partial charge in [-0.05, 0) is 55.3 Å². The van der Waals surface area contributed by atoms with Crippen molar-refractivity contribution >= 4 is 27.2 Å². The van der Waals surface area contributed by atoms with Gasteiger partial charge in [-0.1, -0.05) is 25.8 Å². The number of fused-ring (bicyclic) bond motifs is 1. The summed E-state index contributed by atoms with van der Waals surface area (Å²) in [6.07, 6.45) is 5.81. The first-order chi connectivity index (χ1) is 13.3. The topological polar surface area (TPSA) is 64.2 Å². The third-order valence-electron chi connectivity index (χ3n) is 6.02. The van der Waals surface area contributed by atoms with Gasteiger partial charge in [0.05, 0.1) is 24.2 Å². The Hall–Kier alpha value is -1.66. The zero-order valence-electron chi connectivity index (χ0n) is 17.4. The minimum absolute atomic E-state index is 0.268. The van der Waals surface area contributed by atoms with E-state index in [0.717, 1.165) is 28.8 Å². The summed E-state index contributed by atoms with van der Waals surface area (Å²) >= 11 is 0. The summed E-state index contributed by atoms with van der Waals surface area (Å²) in [6.45, 7) is 6.59. The van der Waals surface area contributed by atoms with E-state index in [4.69, 9.17) is 14.5 Å². The molecule has 1 heterocycles. The molecule has 1 N–H and O–H groups in total. The third kappa shape index (κ3) is 4.49. The van der Waals surface area contributed by atoms with Crippen LogP contribution in [-0.2, 0) is 26.1 Å². The zero-order chi connectivity index (χ0) is 20.4. The quantitative estimate of drug-likeness (QED) is 0.562. The SMILES string of the molecule is CCOC(=O)C(C)(COC)c1ccc2nc(CC3CCC(C)([Si])CC3)[nH]c2c1. The number of carbonyl (C=O) groups is 1. The maximum absolute atomic E-state index is 12.6. The number of ether oxygens (including phenoxy) is 2. The summed E-state index contributed by atoms with van der Waals surface area (Å²) in [5.41, 5.74) is 1.93. The second kappa shape index (κ2) is 8.37. The van der Waals surface area contributed by atoms with E-state index in [1.807, 2.05) is 32.0 Å². The molecule has 1 unspecified atom stereocenters. The van der Waals surface area contributed by atoms with E-state index in [1.165, 1.54) is 25.7 Å². The Morgan fingerprint density at radius 3 is 2.75 bits per heavy atom. The van der Waals surface area contributed by atoms with Crippen LogP contribution >= 0.6 is 0 Å². The van der Waals surface area contributed by atoms with E-state index in [9.17, 15) is 4.79 Å². The van der Waals surface area contributed by atoms with Crippen molar-refractivity contribution in [1.29, 1.82) is 0 Å². The molecular formula is C22H31N2O3Si. The third-order valence-corrected chi connectivity index (χ3v) is 6.52. The van der Waals surface area contributed by atoms with Gasteiger partial charge in [-0.25, -0.2) is 4.98 Å². The molecule has 28 heavy (non-hydrogen) atoms. The first-order valence-electron chi connectivity index (χ1n) is 10.2. The van der Waals surface area contributed by atoms with E-state index in [-0.39, 0.29) is 17.6 Å². The Bertz CT molecular complexity index is 822. The smallest absolute Gasteiger partial charge is 0.318 e. The molecule has 2 aromatic rings. The maximum atomic E-state index is 12.6. The molecule has 1 aliphatic rings. The first kappa shape index (κ1) is 21.1. The number of H-pyrrole nitrogens is 1. The lowest BCUT2D eigenvalue weighted by Crippen LogP contribution is -2.38. The number of carbonyl (C=O) groups excluding carboxylic acids is 1. The van der Waals surface area contributed by atoms with Crippen molar-refractivity contribution in [2.45, 2.75) is 63.3 Å². The number of rotatable bonds is 7. The molecule has 0 saturated heterocycles. The summed E-state index contributed by atoms with van der Waals surface area (Å²) in [7, 11) is 5.48. The van der Waals surface area contributed by atoms with Gasteiger partial charge in [0.1, 0.15) is 11.2 Å². The number of imidazole rings is 1. The lowest BCUT2D eigenvalue weighted by molar-refractivity contribution is -0.151. The molecule has 1 fully saturated rings. The standard InChI is InChI=1S/C22H31N2O3Si/c1-5-27-20(25)22(3,14-26-4)16-6-7-17-18(13-16)24-19(23-17)12-15-8-10-21(2,28)11-9-15/h6-7,13,15H,5,8-12,14H2,1-4H3,(H,23,24). The Balaban J connectivity index is 1.81. The number of nitrogens with zero attached hydrogens (tertiary/aromatic N) is 1. The number of esters is 1. The molecule has 6 heteroatoms. The Labute approximate surface area is 171 Å². The van der Waals surface area contributed by atoms with Crippen LogP contribution in [0.15, 0.2) is 18.2 Å². The van der Waals surface area contributed by atoms with Gasteiger partial charge < -0.3 is 14.5 Å². The zero-order valence-corrected chi connectivity index (χ0v) is 18.4. The van der Waals surface area contributed by atoms with Crippen LogP contribution < -0.4 is 0 Å². The normalized spacial score (nSPS) is 24.8. The van der Waals surface area contributed by atoms with Gasteiger partial charge in [0.15, 0.2) is 0 Å². The van der Waals surface area contributed by atoms with Crippen molar-refractivity contribution in [3.8, 4) is 0 Å². The van der Waals surface area contributed by atoms with Crippen LogP contribution in [0.2, 0.25) is 5.04 Å². The fraction of sp³-hybridized carbons (Fsp3) is 0.636. The van der Waals surface area contributed by atoms with E-state index in [2.05, 4.69) is 22.2 Å². The maximum Gasteiger partial charge on any atom is 0.318 e. The van der Waals surface area contributed by atoms with E-state index < -0.39 is 5.41 Å². The minimum Gasteiger partial charge on any atom is -0.465 e. The Morgan fingerprint density at radius 1 is 1.39 bits per heavy atom. The molecule has 0 amide bonds. The molecule has 151 valence electrons. The number of hydrogen-bond acceptors (Lipinski definition) is 4. The van der Waals surface area contributed by atoms with Crippen molar-refractivity contribution in [3.05, 3.63) is 29.6 Å². The lowest BCUT2D eigenvalue weighted by atomic mass is 9.80. The predicted molar refractivity (Wildman–Crippen MR) is 112 cm³/mol. The van der Waals surface area contributed by atoms with Crippen LogP contribution in [0.5, 0.6) is 0 Å². The lowest BCUT2D eigenvalue weighted by Gasteiger charge is -2.33. The van der Waals surface area contributed by atoms with Crippen LogP contribution in [0.1, 0.15) is 57.8 Å². The summed E-state index contributed by atoms with van der Waals surface area (Å²) < 4.78 is 10.6. The van der Waals surface area contributed by atoms with Crippen LogP contribution in [0.25, 0.3) is 11.0 Å². The van der Waals surface area contributed by atoms with Gasteiger partial charge in [0.2, 0.25) is 0 Å². The van der Waals surface area contributed by atoms with Crippen molar-refractivity contribution in [2.24, 2.45) is 5.92 Å². The summed E-state index contributed by atoms with van der Waals surface area (Å²) in [5.74, 6) is 1.43. The molecule has 1 aromatic carbocycles. The Kier molecular flexibility index (Phi) is 6.30. The van der Waals surface area contributed by atoms with Gasteiger partial charge in [-0.15, -0.1) is 0 Å². The highest BCUT2D eigenvalue weighted by atomic mass is 28.1. The monoisotopic (exact) mass is 399 g/mol. The van der Waals surface area contributed by atoms with E-state index in [1.54, 1.807) is 7.11 Å². The number of benzene rings is 1. The number of methoxy groups -OCH3 is 1. The highest BCUT2D eigenvalue weighted by Crippen LogP contribution is 2.42. The molecule has 3 rings (SSSR count). The fourth-order valence-electron chi connectivity index (χ4n) is 4.13. The molecule has 1 aliphatic carbocycles. The molecule has 5 nitrogen and oxygen atoms in total. The molecule has 1 aromatic heterocycles. The molecule has 3 radical (unpaired) electrons. The van der Waals surface area contributed by atoms with Gasteiger partial charge in [0, 0.05) is 23.8 Å². The number of nitrogens with one attached hydrogen (secondary N) is 1. The van der Waals surface area contributed by atoms with Crippen LogP contribution in [0, 0.1) is 5.92 Å². The first-order valence-corrected chi connectivity index (χ1v) is 10.7. The van der Waals surface area contributed by atoms with Crippen molar-refractivity contribution in [2.75, 3.05) is 20.3 Å². The molecular weight excluding hydrogens is 368 g/mol. The van der Waals surface area contributed by atoms with Crippen molar-refractivity contribution < 1.29 is 14.3 Å². The Morgan fingerprint density at radius 2 is 2.11 bits per heavy atom. The van der Waals surface area contributed by atoms with Crippen LogP contribution in [0.4, 0.5) is 0 Å². The largest absolute Gasteiger partial charge is 0.465 e. The van der Waals surface area contributed by atoms with Gasteiger partial charge in [-0.2, -0.15) is 0 Å². The molecule has 0 spiro atoms. The fourth-order valence-corrected chi connectivity index (χ4v) is 4.42. The summed E-state index contributed by atoms with van der Waals surface area (Å²) in [6, 6.07) is 5.95.